The molecule has 2 aromatic carbocycles. The number of amides is 3. The molecular weight excluding hydrogens is 486 g/mol. The van der Waals surface area contributed by atoms with Gasteiger partial charge in [0.05, 0.1) is 22.6 Å². The van der Waals surface area contributed by atoms with Crippen molar-refractivity contribution in [3.05, 3.63) is 75.3 Å². The summed E-state index contributed by atoms with van der Waals surface area (Å²) >= 11 is 7.74. The molecule has 3 aliphatic rings. The van der Waals surface area contributed by atoms with Gasteiger partial charge in [-0.25, -0.2) is 0 Å². The predicted molar refractivity (Wildman–Crippen MR) is 120 cm³/mol. The van der Waals surface area contributed by atoms with Gasteiger partial charge < -0.3 is 9.64 Å². The van der Waals surface area contributed by atoms with Gasteiger partial charge in [0.25, 0.3) is 17.5 Å². The summed E-state index contributed by atoms with van der Waals surface area (Å²) in [5.74, 6) is -2.09. The number of β-lactam (4-membered cyclic amide) rings is 1. The molecule has 12 heteroatoms. The normalized spacial score (nSPS) is 25.5. The van der Waals surface area contributed by atoms with Crippen LogP contribution in [0.4, 0.5) is 5.69 Å². The maximum atomic E-state index is 12.9. The van der Waals surface area contributed by atoms with Crippen LogP contribution in [0.1, 0.15) is 26.3 Å². The summed E-state index contributed by atoms with van der Waals surface area (Å²) < 4.78 is 5.31. The van der Waals surface area contributed by atoms with Crippen LogP contribution in [0.5, 0.6) is 0 Å². The molecule has 10 nitrogen and oxygen atoms in total. The van der Waals surface area contributed by atoms with Crippen molar-refractivity contribution in [2.75, 3.05) is 12.3 Å². The summed E-state index contributed by atoms with van der Waals surface area (Å²) in [6.45, 7) is -0.255. The maximum Gasteiger partial charge on any atom is 0.330 e. The van der Waals surface area contributed by atoms with Gasteiger partial charge in [-0.2, -0.15) is 0 Å². The van der Waals surface area contributed by atoms with E-state index in [1.807, 2.05) is 0 Å². The van der Waals surface area contributed by atoms with E-state index in [0.717, 1.165) is 4.90 Å². The second kappa shape index (κ2) is 8.10. The fraction of sp³-hybridized carbons (Fsp3) is 0.273. The Kier molecular flexibility index (Phi) is 5.33. The lowest BCUT2D eigenvalue weighted by atomic mass is 10.0. The number of imide groups is 1. The van der Waals surface area contributed by atoms with Crippen LogP contribution < -0.4 is 0 Å². The van der Waals surface area contributed by atoms with E-state index in [1.165, 1.54) is 40.9 Å². The molecular formula is C22H16ClN3O7S. The van der Waals surface area contributed by atoms with Gasteiger partial charge in [0.15, 0.2) is 4.87 Å². The Balaban J connectivity index is 1.23. The Morgan fingerprint density at radius 3 is 2.32 bits per heavy atom. The predicted octanol–water partition coefficient (Wildman–Crippen LogP) is 2.20. The second-order valence-corrected chi connectivity index (χ2v) is 9.93. The number of nitro benzene ring substituents is 1. The van der Waals surface area contributed by atoms with Gasteiger partial charge in [-0.05, 0) is 29.8 Å². The smallest absolute Gasteiger partial charge is 0.330 e. The van der Waals surface area contributed by atoms with Crippen molar-refractivity contribution >= 4 is 52.7 Å². The van der Waals surface area contributed by atoms with E-state index in [0.29, 0.717) is 5.56 Å². The zero-order valence-electron chi connectivity index (χ0n) is 17.4. The number of nitrogens with zero attached hydrogens (tertiary/aromatic N) is 3. The van der Waals surface area contributed by atoms with E-state index in [-0.39, 0.29) is 35.7 Å². The number of benzene rings is 2. The van der Waals surface area contributed by atoms with Crippen molar-refractivity contribution in [2.45, 2.75) is 22.9 Å². The monoisotopic (exact) mass is 501 g/mol. The number of rotatable bonds is 5. The van der Waals surface area contributed by atoms with Crippen molar-refractivity contribution < 1.29 is 28.8 Å². The molecule has 0 radical (unpaired) electrons. The van der Waals surface area contributed by atoms with Crippen molar-refractivity contribution in [1.29, 1.82) is 0 Å². The van der Waals surface area contributed by atoms with Crippen LogP contribution >= 0.6 is 23.4 Å². The first-order valence-electron chi connectivity index (χ1n) is 10.2. The molecule has 3 aliphatic heterocycles. The number of hydrogen-bond acceptors (Lipinski definition) is 8. The summed E-state index contributed by atoms with van der Waals surface area (Å²) in [6, 6.07) is 11.0. The molecule has 5 rings (SSSR count). The van der Waals surface area contributed by atoms with Gasteiger partial charge in [0, 0.05) is 17.9 Å². The standard InChI is InChI=1S/C22H16ClN3O7S/c23-22(21(30)33-9-12-5-7-13(8-6-12)26(31)32)10-24-19(29)16(20(24)34-11-22)25-17(27)14-3-1-2-4-15(14)18(25)28/h1-8,16,20H,9-11H2/t16?,20-,22?/m1/s1. The minimum absolute atomic E-state index is 0.0810. The topological polar surface area (TPSA) is 127 Å². The van der Waals surface area contributed by atoms with E-state index < -0.39 is 44.9 Å². The van der Waals surface area contributed by atoms with E-state index in [4.69, 9.17) is 16.3 Å². The van der Waals surface area contributed by atoms with Crippen LogP contribution in [0.25, 0.3) is 0 Å². The SMILES string of the molecule is O=C1c2ccccc2C(=O)N1C1C(=O)N2CC(Cl)(C(=O)OCc3ccc([N+](=O)[O-])cc3)CS[C@H]12. The number of nitro groups is 1. The second-order valence-electron chi connectivity index (χ2n) is 8.10. The van der Waals surface area contributed by atoms with Crippen LogP contribution in [0.2, 0.25) is 0 Å². The van der Waals surface area contributed by atoms with E-state index in [9.17, 15) is 29.3 Å². The third-order valence-corrected chi connectivity index (χ3v) is 8.08. The molecule has 0 bridgehead atoms. The number of carbonyl (C=O) groups is 4. The minimum atomic E-state index is -1.50. The molecule has 0 aliphatic carbocycles. The molecule has 0 aromatic heterocycles. The maximum absolute atomic E-state index is 12.9. The van der Waals surface area contributed by atoms with E-state index >= 15 is 0 Å². The van der Waals surface area contributed by atoms with Crippen molar-refractivity contribution in [2.24, 2.45) is 0 Å². The zero-order valence-corrected chi connectivity index (χ0v) is 19.0. The van der Waals surface area contributed by atoms with Crippen LogP contribution in [-0.4, -0.2) is 67.0 Å². The molecule has 2 aromatic rings. The Bertz CT molecular complexity index is 1220. The molecule has 2 unspecified atom stereocenters. The van der Waals surface area contributed by atoms with Gasteiger partial charge in [-0.15, -0.1) is 23.4 Å². The van der Waals surface area contributed by atoms with Gasteiger partial charge >= 0.3 is 5.97 Å². The summed E-state index contributed by atoms with van der Waals surface area (Å²) in [5, 5.41) is 10.2. The molecule has 2 fully saturated rings. The molecule has 2 saturated heterocycles. The molecule has 0 saturated carbocycles. The number of esters is 1. The first kappa shape index (κ1) is 22.4. The molecule has 174 valence electrons. The summed E-state index contributed by atoms with van der Waals surface area (Å²) in [4.78, 5) is 62.2. The van der Waals surface area contributed by atoms with Gasteiger partial charge in [-0.3, -0.25) is 34.2 Å². The van der Waals surface area contributed by atoms with Crippen LogP contribution in [0, 0.1) is 10.1 Å². The fourth-order valence-electron chi connectivity index (χ4n) is 4.20. The van der Waals surface area contributed by atoms with Crippen molar-refractivity contribution in [3.63, 3.8) is 0 Å². The van der Waals surface area contributed by atoms with E-state index in [1.54, 1.807) is 24.3 Å². The molecule has 3 amide bonds. The fourth-order valence-corrected chi connectivity index (χ4v) is 6.00. The first-order valence-corrected chi connectivity index (χ1v) is 11.6. The van der Waals surface area contributed by atoms with Crippen molar-refractivity contribution in [1.82, 2.24) is 9.80 Å². The highest BCUT2D eigenvalue weighted by Gasteiger charge is 2.61. The zero-order chi connectivity index (χ0) is 24.2. The lowest BCUT2D eigenvalue weighted by Gasteiger charge is -2.54. The highest BCUT2D eigenvalue weighted by atomic mass is 35.5. The Hall–Kier alpha value is -3.44. The summed E-state index contributed by atoms with van der Waals surface area (Å²) in [5.41, 5.74) is 0.996. The third-order valence-electron chi connectivity index (χ3n) is 6.00. The number of fused-ring (bicyclic) bond motifs is 2. The van der Waals surface area contributed by atoms with Crippen molar-refractivity contribution in [3.8, 4) is 0 Å². The highest BCUT2D eigenvalue weighted by molar-refractivity contribution is 8.00. The number of alkyl halides is 1. The average Bonchev–Trinajstić information content (AvgIpc) is 3.08. The summed E-state index contributed by atoms with van der Waals surface area (Å²) in [7, 11) is 0. The number of non-ortho nitro benzene ring substituents is 1. The Labute approximate surface area is 201 Å². The molecule has 3 atom stereocenters. The molecule has 0 N–H and O–H groups in total. The van der Waals surface area contributed by atoms with Gasteiger partial charge in [0.1, 0.15) is 18.0 Å². The quantitative estimate of drug-likeness (QED) is 0.152. The van der Waals surface area contributed by atoms with Crippen LogP contribution in [0.15, 0.2) is 48.5 Å². The molecule has 0 spiro atoms. The van der Waals surface area contributed by atoms with Crippen LogP contribution in [0.3, 0.4) is 0 Å². The number of hydrogen-bond donors (Lipinski definition) is 0. The Morgan fingerprint density at radius 2 is 1.74 bits per heavy atom. The largest absolute Gasteiger partial charge is 0.459 e. The lowest BCUT2D eigenvalue weighted by molar-refractivity contribution is -0.384. The summed E-state index contributed by atoms with van der Waals surface area (Å²) in [6.07, 6.45) is 0. The number of halogens is 1. The highest BCUT2D eigenvalue weighted by Crippen LogP contribution is 2.44. The third kappa shape index (κ3) is 3.43. The number of thioether (sulfide) groups is 1. The lowest BCUT2D eigenvalue weighted by Crippen LogP contribution is -2.74. The Morgan fingerprint density at radius 1 is 1.12 bits per heavy atom. The minimum Gasteiger partial charge on any atom is -0.459 e. The number of carbonyl (C=O) groups excluding carboxylic acids is 4. The average molecular weight is 502 g/mol. The van der Waals surface area contributed by atoms with Gasteiger partial charge in [-0.1, -0.05) is 12.1 Å². The molecule has 34 heavy (non-hydrogen) atoms. The van der Waals surface area contributed by atoms with Crippen LogP contribution in [-0.2, 0) is 20.9 Å². The number of ether oxygens (including phenoxy) is 1. The van der Waals surface area contributed by atoms with E-state index in [2.05, 4.69) is 0 Å². The van der Waals surface area contributed by atoms with Gasteiger partial charge in [0.2, 0.25) is 5.91 Å². The first-order chi connectivity index (χ1) is 16.2. The molecule has 3 heterocycles.